The Morgan fingerprint density at radius 3 is 2.11 bits per heavy atom. The number of ketones is 1. The first kappa shape index (κ1) is 15.7. The molecule has 0 radical (unpaired) electrons. The van der Waals surface area contributed by atoms with Crippen LogP contribution in [-0.2, 0) is 9.53 Å². The smallest absolute Gasteiger partial charge is 0.139 e. The van der Waals surface area contributed by atoms with Crippen LogP contribution in [0.2, 0.25) is 0 Å². The van der Waals surface area contributed by atoms with Crippen molar-refractivity contribution in [2.75, 3.05) is 13.2 Å². The van der Waals surface area contributed by atoms with Crippen molar-refractivity contribution in [3.8, 4) is 0 Å². The predicted molar refractivity (Wildman–Crippen MR) is 75.6 cm³/mol. The normalized spacial score (nSPS) is 32.6. The van der Waals surface area contributed by atoms with Gasteiger partial charge in [-0.2, -0.15) is 0 Å². The van der Waals surface area contributed by atoms with E-state index >= 15 is 0 Å². The lowest BCUT2D eigenvalue weighted by Gasteiger charge is -2.32. The van der Waals surface area contributed by atoms with Gasteiger partial charge in [0.15, 0.2) is 0 Å². The van der Waals surface area contributed by atoms with Crippen LogP contribution in [0.3, 0.4) is 0 Å². The lowest BCUT2D eigenvalue weighted by atomic mass is 9.70. The molecule has 0 saturated heterocycles. The Morgan fingerprint density at radius 2 is 1.94 bits per heavy atom. The summed E-state index contributed by atoms with van der Waals surface area (Å²) in [5, 5.41) is 0. The maximum Gasteiger partial charge on any atom is 0.139 e. The van der Waals surface area contributed by atoms with Crippen LogP contribution in [0.15, 0.2) is 0 Å². The summed E-state index contributed by atoms with van der Waals surface area (Å²) in [5.74, 6) is 1.87. The predicted octanol–water partition coefficient (Wildman–Crippen LogP) is 4.08. The maximum absolute atomic E-state index is 11.6. The average molecular weight is 254 g/mol. The number of hydrogen-bond acceptors (Lipinski definition) is 2. The van der Waals surface area contributed by atoms with E-state index in [1.54, 1.807) is 0 Å². The summed E-state index contributed by atoms with van der Waals surface area (Å²) in [6.07, 6.45) is 3.25. The van der Waals surface area contributed by atoms with Crippen molar-refractivity contribution >= 4 is 5.78 Å². The molecule has 0 aromatic carbocycles. The first-order valence-corrected chi connectivity index (χ1v) is 7.36. The van der Waals surface area contributed by atoms with Gasteiger partial charge < -0.3 is 4.74 Å². The number of carbonyl (C=O) groups excluding carboxylic acids is 1. The third-order valence-corrected chi connectivity index (χ3v) is 5.14. The highest BCUT2D eigenvalue weighted by molar-refractivity contribution is 5.89. The standard InChI is InChI=1S/C10H16O.C6H14O/c1-9(2)7-4-5-10(9,3)8(11)6-7;1-4-7-5-6(2)3/h7H,4-6H2,1-3H3;6H,4-5H2,1-3H3. The van der Waals surface area contributed by atoms with Gasteiger partial charge in [-0.25, -0.2) is 0 Å². The second-order valence-corrected chi connectivity index (χ2v) is 6.97. The average Bonchev–Trinajstić information content (AvgIpc) is 2.60. The fourth-order valence-electron chi connectivity index (χ4n) is 3.26. The van der Waals surface area contributed by atoms with Crippen LogP contribution in [0.5, 0.6) is 0 Å². The Morgan fingerprint density at radius 1 is 1.33 bits per heavy atom. The van der Waals surface area contributed by atoms with Crippen molar-refractivity contribution in [1.29, 1.82) is 0 Å². The molecule has 0 amide bonds. The molecule has 2 saturated carbocycles. The number of hydrogen-bond donors (Lipinski definition) is 0. The summed E-state index contributed by atoms with van der Waals surface area (Å²) in [6, 6.07) is 0. The van der Waals surface area contributed by atoms with E-state index in [9.17, 15) is 4.79 Å². The molecule has 2 aliphatic rings. The first-order chi connectivity index (χ1) is 8.25. The molecule has 2 heteroatoms. The van der Waals surface area contributed by atoms with Crippen molar-refractivity contribution in [1.82, 2.24) is 0 Å². The molecule has 0 N–H and O–H groups in total. The minimum Gasteiger partial charge on any atom is -0.381 e. The van der Waals surface area contributed by atoms with Gasteiger partial charge in [0.2, 0.25) is 0 Å². The zero-order chi connectivity index (χ0) is 14.0. The molecule has 0 spiro atoms. The highest BCUT2D eigenvalue weighted by Gasteiger charge is 2.61. The largest absolute Gasteiger partial charge is 0.381 e. The van der Waals surface area contributed by atoms with E-state index in [2.05, 4.69) is 34.6 Å². The number of Topliss-reactive ketones (excluding diaryl/α,β-unsaturated/α-hetero) is 1. The summed E-state index contributed by atoms with van der Waals surface area (Å²) in [5.41, 5.74) is 0.307. The molecular weight excluding hydrogens is 224 g/mol. The van der Waals surface area contributed by atoms with E-state index in [0.717, 1.165) is 26.1 Å². The summed E-state index contributed by atoms with van der Waals surface area (Å²) in [6.45, 7) is 14.7. The number of rotatable bonds is 3. The molecule has 0 aliphatic heterocycles. The Hall–Kier alpha value is -0.370. The minimum absolute atomic E-state index is 0.0255. The molecule has 2 rings (SSSR count). The van der Waals surface area contributed by atoms with E-state index < -0.39 is 0 Å². The van der Waals surface area contributed by atoms with Gasteiger partial charge in [-0.15, -0.1) is 0 Å². The van der Waals surface area contributed by atoms with Crippen LogP contribution in [0.4, 0.5) is 0 Å². The second kappa shape index (κ2) is 5.73. The van der Waals surface area contributed by atoms with Gasteiger partial charge in [0, 0.05) is 25.0 Å². The molecule has 18 heavy (non-hydrogen) atoms. The minimum atomic E-state index is 0.0255. The Kier molecular flexibility index (Phi) is 4.99. The molecule has 2 atom stereocenters. The third kappa shape index (κ3) is 2.79. The first-order valence-electron chi connectivity index (χ1n) is 7.36. The third-order valence-electron chi connectivity index (χ3n) is 5.14. The molecule has 2 unspecified atom stereocenters. The van der Waals surface area contributed by atoms with Crippen molar-refractivity contribution in [3.05, 3.63) is 0 Å². The van der Waals surface area contributed by atoms with Gasteiger partial charge in [-0.3, -0.25) is 4.79 Å². The van der Waals surface area contributed by atoms with Crippen LogP contribution >= 0.6 is 0 Å². The molecule has 0 aromatic rings. The molecule has 2 nitrogen and oxygen atoms in total. The van der Waals surface area contributed by atoms with Gasteiger partial charge in [-0.05, 0) is 37.0 Å². The summed E-state index contributed by atoms with van der Waals surface area (Å²) in [4.78, 5) is 11.6. The van der Waals surface area contributed by atoms with E-state index in [4.69, 9.17) is 4.74 Å². The van der Waals surface area contributed by atoms with Gasteiger partial charge in [0.25, 0.3) is 0 Å². The van der Waals surface area contributed by atoms with Crippen LogP contribution in [-0.4, -0.2) is 19.0 Å². The van der Waals surface area contributed by atoms with Crippen LogP contribution in [0.25, 0.3) is 0 Å². The molecular formula is C16H30O2. The maximum atomic E-state index is 11.6. The van der Waals surface area contributed by atoms with Crippen molar-refractivity contribution in [2.24, 2.45) is 22.7 Å². The fourth-order valence-corrected chi connectivity index (χ4v) is 3.26. The van der Waals surface area contributed by atoms with E-state index in [0.29, 0.717) is 17.6 Å². The van der Waals surface area contributed by atoms with Gasteiger partial charge in [0.05, 0.1) is 0 Å². The van der Waals surface area contributed by atoms with Gasteiger partial charge >= 0.3 is 0 Å². The highest BCUT2D eigenvalue weighted by Crippen LogP contribution is 2.63. The Bertz CT molecular complexity index is 293. The second-order valence-electron chi connectivity index (χ2n) is 6.97. The quantitative estimate of drug-likeness (QED) is 0.758. The number of ether oxygens (including phenoxy) is 1. The Balaban J connectivity index is 0.000000203. The van der Waals surface area contributed by atoms with E-state index in [-0.39, 0.29) is 10.8 Å². The van der Waals surface area contributed by atoms with Crippen LogP contribution < -0.4 is 0 Å². The molecule has 2 fully saturated rings. The van der Waals surface area contributed by atoms with Crippen LogP contribution in [0.1, 0.15) is 60.8 Å². The zero-order valence-corrected chi connectivity index (χ0v) is 13.0. The van der Waals surface area contributed by atoms with Gasteiger partial charge in [-0.1, -0.05) is 34.6 Å². The molecule has 2 aliphatic carbocycles. The topological polar surface area (TPSA) is 26.3 Å². The highest BCUT2D eigenvalue weighted by atomic mass is 16.5. The van der Waals surface area contributed by atoms with Gasteiger partial charge in [0.1, 0.15) is 5.78 Å². The van der Waals surface area contributed by atoms with E-state index in [1.807, 2.05) is 6.92 Å². The molecule has 2 bridgehead atoms. The summed E-state index contributed by atoms with van der Waals surface area (Å²) < 4.78 is 5.09. The lowest BCUT2D eigenvalue weighted by Crippen LogP contribution is -2.32. The SMILES string of the molecule is CC12CCC(CC1=O)C2(C)C.CCOCC(C)C. The summed E-state index contributed by atoms with van der Waals surface area (Å²) in [7, 11) is 0. The van der Waals surface area contributed by atoms with Crippen LogP contribution in [0, 0.1) is 22.7 Å². The monoisotopic (exact) mass is 254 g/mol. The molecule has 0 heterocycles. The number of carbonyl (C=O) groups is 1. The zero-order valence-electron chi connectivity index (χ0n) is 13.0. The van der Waals surface area contributed by atoms with E-state index in [1.165, 1.54) is 6.42 Å². The number of fused-ring (bicyclic) bond motifs is 2. The lowest BCUT2D eigenvalue weighted by molar-refractivity contribution is -0.128. The summed E-state index contributed by atoms with van der Waals surface area (Å²) >= 11 is 0. The Labute approximate surface area is 112 Å². The fraction of sp³-hybridized carbons (Fsp3) is 0.938. The van der Waals surface area contributed by atoms with Crippen molar-refractivity contribution < 1.29 is 9.53 Å². The molecule has 0 aromatic heterocycles. The van der Waals surface area contributed by atoms with Crippen molar-refractivity contribution in [2.45, 2.75) is 60.8 Å². The van der Waals surface area contributed by atoms with Crippen molar-refractivity contribution in [3.63, 3.8) is 0 Å². The molecule has 106 valence electrons.